The molecule has 0 spiro atoms. The third-order valence-electron chi connectivity index (χ3n) is 3.39. The van der Waals surface area contributed by atoms with E-state index in [9.17, 15) is 4.79 Å². The Balaban J connectivity index is 1.94. The van der Waals surface area contributed by atoms with Crippen molar-refractivity contribution in [2.24, 2.45) is 7.05 Å². The van der Waals surface area contributed by atoms with Crippen molar-refractivity contribution in [3.8, 4) is 0 Å². The van der Waals surface area contributed by atoms with Gasteiger partial charge in [-0.25, -0.2) is 9.97 Å². The Hall–Kier alpha value is -2.90. The molecule has 0 bridgehead atoms. The highest BCUT2D eigenvalue weighted by molar-refractivity contribution is 6.04. The lowest BCUT2D eigenvalue weighted by Gasteiger charge is -2.20. The van der Waals surface area contributed by atoms with E-state index in [0.29, 0.717) is 22.5 Å². The number of fused-ring (bicyclic) bond motifs is 1. The molecule has 0 saturated carbocycles. The molecule has 3 aromatic rings. The molecule has 3 N–H and O–H groups in total. The van der Waals surface area contributed by atoms with E-state index in [-0.39, 0.29) is 11.4 Å². The summed E-state index contributed by atoms with van der Waals surface area (Å²) in [5.74, 6) is 0.376. The van der Waals surface area contributed by atoms with E-state index in [1.54, 1.807) is 17.1 Å². The second kappa shape index (κ2) is 5.63. The van der Waals surface area contributed by atoms with E-state index in [0.717, 1.165) is 11.4 Å². The summed E-state index contributed by atoms with van der Waals surface area (Å²) < 4.78 is 1.72. The first-order chi connectivity index (χ1) is 11.2. The van der Waals surface area contributed by atoms with E-state index in [1.807, 2.05) is 40.9 Å². The Morgan fingerprint density at radius 2 is 2.08 bits per heavy atom. The molecule has 3 heterocycles. The van der Waals surface area contributed by atoms with Gasteiger partial charge in [0.05, 0.1) is 23.1 Å². The van der Waals surface area contributed by atoms with Crippen LogP contribution in [0.4, 0.5) is 11.5 Å². The van der Waals surface area contributed by atoms with Gasteiger partial charge in [-0.15, -0.1) is 0 Å². The summed E-state index contributed by atoms with van der Waals surface area (Å²) in [5, 5.41) is 10.4. The van der Waals surface area contributed by atoms with E-state index in [4.69, 9.17) is 0 Å². The fourth-order valence-corrected chi connectivity index (χ4v) is 2.39. The number of hydrogen-bond acceptors (Lipinski definition) is 5. The minimum absolute atomic E-state index is 0.183. The van der Waals surface area contributed by atoms with Gasteiger partial charge in [-0.2, -0.15) is 5.10 Å². The Morgan fingerprint density at radius 1 is 1.33 bits per heavy atom. The molecule has 0 radical (unpaired) electrons. The molecule has 8 heteroatoms. The first-order valence-electron chi connectivity index (χ1n) is 7.67. The Morgan fingerprint density at radius 3 is 2.71 bits per heavy atom. The number of hydrogen-bond donors (Lipinski definition) is 3. The first kappa shape index (κ1) is 16.0. The van der Waals surface area contributed by atoms with Crippen LogP contribution >= 0.6 is 0 Å². The average molecular weight is 327 g/mol. The maximum atomic E-state index is 12.4. The highest BCUT2D eigenvalue weighted by atomic mass is 16.1. The number of carbonyl (C=O) groups excluding carboxylic acids is 1. The molecule has 24 heavy (non-hydrogen) atoms. The maximum Gasteiger partial charge on any atom is 0.255 e. The molecular formula is C16H21N7O. The van der Waals surface area contributed by atoms with Crippen LogP contribution in [-0.2, 0) is 7.05 Å². The molecule has 0 saturated heterocycles. The molecule has 1 amide bonds. The van der Waals surface area contributed by atoms with Gasteiger partial charge in [-0.1, -0.05) is 0 Å². The number of nitrogens with zero attached hydrogens (tertiary/aromatic N) is 4. The number of carbonyl (C=O) groups is 1. The summed E-state index contributed by atoms with van der Waals surface area (Å²) in [6.45, 7) is 7.71. The molecule has 3 aromatic heterocycles. The molecule has 126 valence electrons. The number of H-pyrrole nitrogens is 1. The third kappa shape index (κ3) is 3.22. The Bertz CT molecular complexity index is 901. The highest BCUT2D eigenvalue weighted by Crippen LogP contribution is 2.21. The predicted molar refractivity (Wildman–Crippen MR) is 92.3 cm³/mol. The van der Waals surface area contributed by atoms with Crippen LogP contribution in [0.25, 0.3) is 11.2 Å². The second-order valence-corrected chi connectivity index (χ2v) is 6.79. The fraction of sp³-hybridized carbons (Fsp3) is 0.375. The van der Waals surface area contributed by atoms with Gasteiger partial charge in [0.25, 0.3) is 5.91 Å². The number of aryl methyl sites for hydroxylation is 2. The number of rotatable bonds is 3. The number of aromatic nitrogens is 5. The van der Waals surface area contributed by atoms with Crippen molar-refractivity contribution >= 4 is 28.6 Å². The van der Waals surface area contributed by atoms with Gasteiger partial charge in [-0.3, -0.25) is 9.48 Å². The van der Waals surface area contributed by atoms with Gasteiger partial charge in [0.15, 0.2) is 5.65 Å². The van der Waals surface area contributed by atoms with Crippen LogP contribution in [-0.4, -0.2) is 36.2 Å². The lowest BCUT2D eigenvalue weighted by molar-refractivity contribution is 0.0921. The Kier molecular flexibility index (Phi) is 3.75. The predicted octanol–water partition coefficient (Wildman–Crippen LogP) is 2.27. The molecule has 0 aliphatic rings. The van der Waals surface area contributed by atoms with Gasteiger partial charge in [0.2, 0.25) is 0 Å². The van der Waals surface area contributed by atoms with Crippen LogP contribution in [0.2, 0.25) is 0 Å². The SMILES string of the molecule is Cc1nn(C)cc1Nc1cnc2[nH]cc(C(=O)NC(C)(C)C)c2n1. The van der Waals surface area contributed by atoms with Gasteiger partial charge >= 0.3 is 0 Å². The topological polar surface area (TPSA) is 101 Å². The van der Waals surface area contributed by atoms with Crippen molar-refractivity contribution < 1.29 is 4.79 Å². The van der Waals surface area contributed by atoms with Crippen LogP contribution in [0.3, 0.4) is 0 Å². The molecular weight excluding hydrogens is 306 g/mol. The summed E-state index contributed by atoms with van der Waals surface area (Å²) in [6, 6.07) is 0. The first-order valence-corrected chi connectivity index (χ1v) is 7.67. The summed E-state index contributed by atoms with van der Waals surface area (Å²) in [5.41, 5.74) is 2.96. The lowest BCUT2D eigenvalue weighted by atomic mass is 10.1. The van der Waals surface area contributed by atoms with Crippen molar-refractivity contribution in [3.05, 3.63) is 29.8 Å². The Labute approximate surface area is 139 Å². The zero-order chi connectivity index (χ0) is 17.5. The monoisotopic (exact) mass is 327 g/mol. The molecule has 3 rings (SSSR count). The molecule has 0 fully saturated rings. The standard InChI is InChI=1S/C16H21N7O/c1-9-11(8-23(5)22-9)19-12-7-18-14-13(20-12)10(6-17-14)15(24)21-16(2,3)4/h6-8H,1-5H3,(H,17,18)(H,19,20)(H,21,24). The van der Waals surface area contributed by atoms with Gasteiger partial charge in [0.1, 0.15) is 11.3 Å². The average Bonchev–Trinajstić information content (AvgIpc) is 3.00. The number of amides is 1. The number of nitrogens with one attached hydrogen (secondary N) is 3. The number of anilines is 2. The van der Waals surface area contributed by atoms with Crippen LogP contribution in [0.5, 0.6) is 0 Å². The van der Waals surface area contributed by atoms with E-state index >= 15 is 0 Å². The fourth-order valence-electron chi connectivity index (χ4n) is 2.39. The molecule has 0 aromatic carbocycles. The third-order valence-corrected chi connectivity index (χ3v) is 3.39. The van der Waals surface area contributed by atoms with E-state index in [2.05, 4.69) is 30.7 Å². The lowest BCUT2D eigenvalue weighted by Crippen LogP contribution is -2.40. The van der Waals surface area contributed by atoms with Crippen LogP contribution < -0.4 is 10.6 Å². The minimum Gasteiger partial charge on any atom is -0.347 e. The van der Waals surface area contributed by atoms with Crippen LogP contribution in [0, 0.1) is 6.92 Å². The van der Waals surface area contributed by atoms with Crippen molar-refractivity contribution in [3.63, 3.8) is 0 Å². The summed E-state index contributed by atoms with van der Waals surface area (Å²) >= 11 is 0. The number of aromatic amines is 1. The normalized spacial score (nSPS) is 11.7. The summed E-state index contributed by atoms with van der Waals surface area (Å²) in [7, 11) is 1.86. The van der Waals surface area contributed by atoms with Crippen molar-refractivity contribution in [1.82, 2.24) is 30.0 Å². The largest absolute Gasteiger partial charge is 0.347 e. The van der Waals surface area contributed by atoms with Crippen molar-refractivity contribution in [2.45, 2.75) is 33.2 Å². The zero-order valence-corrected chi connectivity index (χ0v) is 14.4. The van der Waals surface area contributed by atoms with Gasteiger partial charge in [0, 0.05) is 25.0 Å². The van der Waals surface area contributed by atoms with Crippen LogP contribution in [0.1, 0.15) is 36.8 Å². The van der Waals surface area contributed by atoms with E-state index in [1.165, 1.54) is 0 Å². The van der Waals surface area contributed by atoms with Crippen molar-refractivity contribution in [2.75, 3.05) is 5.32 Å². The maximum absolute atomic E-state index is 12.4. The summed E-state index contributed by atoms with van der Waals surface area (Å²) in [4.78, 5) is 24.3. The molecule has 0 atom stereocenters. The van der Waals surface area contributed by atoms with Crippen LogP contribution in [0.15, 0.2) is 18.6 Å². The molecule has 0 unspecified atom stereocenters. The zero-order valence-electron chi connectivity index (χ0n) is 14.4. The molecule has 8 nitrogen and oxygen atoms in total. The van der Waals surface area contributed by atoms with Gasteiger partial charge < -0.3 is 15.6 Å². The molecule has 0 aliphatic heterocycles. The van der Waals surface area contributed by atoms with Gasteiger partial charge in [-0.05, 0) is 27.7 Å². The quantitative estimate of drug-likeness (QED) is 0.685. The highest BCUT2D eigenvalue weighted by Gasteiger charge is 2.20. The summed E-state index contributed by atoms with van der Waals surface area (Å²) in [6.07, 6.45) is 5.12. The smallest absolute Gasteiger partial charge is 0.255 e. The molecule has 0 aliphatic carbocycles. The second-order valence-electron chi connectivity index (χ2n) is 6.79. The minimum atomic E-state index is -0.323. The van der Waals surface area contributed by atoms with E-state index < -0.39 is 0 Å². The van der Waals surface area contributed by atoms with Crippen molar-refractivity contribution in [1.29, 1.82) is 0 Å².